The van der Waals surface area contributed by atoms with Crippen molar-refractivity contribution < 1.29 is 18.3 Å². The van der Waals surface area contributed by atoms with Crippen molar-refractivity contribution in [3.8, 4) is 0 Å². The maximum atomic E-state index is 12.4. The van der Waals surface area contributed by atoms with E-state index in [4.69, 9.17) is 5.11 Å². The molecule has 2 rings (SSSR count). The Morgan fingerprint density at radius 2 is 1.95 bits per heavy atom. The summed E-state index contributed by atoms with van der Waals surface area (Å²) < 4.78 is 28.6. The molecule has 0 atom stereocenters. The molecule has 1 saturated heterocycles. The van der Waals surface area contributed by atoms with Gasteiger partial charge in [0.1, 0.15) is 0 Å². The van der Waals surface area contributed by atoms with Crippen molar-refractivity contribution in [3.63, 3.8) is 0 Å². The zero-order valence-electron chi connectivity index (χ0n) is 12.2. The van der Waals surface area contributed by atoms with Crippen molar-refractivity contribution in [1.29, 1.82) is 0 Å². The van der Waals surface area contributed by atoms with Crippen molar-refractivity contribution in [1.82, 2.24) is 4.31 Å². The van der Waals surface area contributed by atoms with E-state index in [9.17, 15) is 13.2 Å². The Morgan fingerprint density at radius 3 is 2.52 bits per heavy atom. The monoisotopic (exact) mass is 312 g/mol. The third-order valence-electron chi connectivity index (χ3n) is 3.81. The molecule has 6 nitrogen and oxygen atoms in total. The van der Waals surface area contributed by atoms with Crippen LogP contribution in [0, 0.1) is 12.8 Å². The Kier molecular flexibility index (Phi) is 4.53. The third kappa shape index (κ3) is 3.74. The molecule has 21 heavy (non-hydrogen) atoms. The summed E-state index contributed by atoms with van der Waals surface area (Å²) >= 11 is 0. The number of hydrogen-bond acceptors (Lipinski definition) is 3. The third-order valence-corrected chi connectivity index (χ3v) is 5.33. The van der Waals surface area contributed by atoms with Crippen LogP contribution < -0.4 is 4.72 Å². The Labute approximate surface area is 125 Å². The maximum absolute atomic E-state index is 12.4. The van der Waals surface area contributed by atoms with E-state index in [1.807, 2.05) is 0 Å². The molecule has 1 fully saturated rings. The molecule has 1 heterocycles. The number of carboxylic acids is 1. The van der Waals surface area contributed by atoms with Crippen LogP contribution in [0.15, 0.2) is 18.2 Å². The molecule has 0 radical (unpaired) electrons. The molecule has 1 aromatic rings. The number of carboxylic acid groups (broad SMARTS) is 1. The van der Waals surface area contributed by atoms with Gasteiger partial charge in [0.25, 0.3) is 0 Å². The van der Waals surface area contributed by atoms with Gasteiger partial charge >= 0.3 is 16.2 Å². The Bertz CT molecular complexity index is 634. The van der Waals surface area contributed by atoms with Gasteiger partial charge in [-0.1, -0.05) is 13.0 Å². The van der Waals surface area contributed by atoms with Gasteiger partial charge in [0.15, 0.2) is 0 Å². The lowest BCUT2D eigenvalue weighted by Gasteiger charge is -2.29. The van der Waals surface area contributed by atoms with Gasteiger partial charge in [-0.2, -0.15) is 12.7 Å². The smallest absolute Gasteiger partial charge is 0.335 e. The number of aryl methyl sites for hydroxylation is 1. The Balaban J connectivity index is 2.20. The van der Waals surface area contributed by atoms with Gasteiger partial charge < -0.3 is 5.11 Å². The minimum Gasteiger partial charge on any atom is -0.478 e. The molecule has 0 aliphatic carbocycles. The molecule has 0 bridgehead atoms. The van der Waals surface area contributed by atoms with Crippen LogP contribution in [-0.4, -0.2) is 36.9 Å². The number of carbonyl (C=O) groups is 1. The lowest BCUT2D eigenvalue weighted by Crippen LogP contribution is -2.41. The summed E-state index contributed by atoms with van der Waals surface area (Å²) in [6, 6.07) is 4.40. The molecule has 116 valence electrons. The van der Waals surface area contributed by atoms with Crippen LogP contribution in [-0.2, 0) is 10.2 Å². The maximum Gasteiger partial charge on any atom is 0.335 e. The van der Waals surface area contributed by atoms with Crippen LogP contribution in [0.3, 0.4) is 0 Å². The fraction of sp³-hybridized carbons (Fsp3) is 0.500. The molecule has 0 spiro atoms. The van der Waals surface area contributed by atoms with Crippen LogP contribution in [0.5, 0.6) is 0 Å². The second-order valence-corrected chi connectivity index (χ2v) is 7.19. The normalized spacial score (nSPS) is 17.6. The summed E-state index contributed by atoms with van der Waals surface area (Å²) in [5, 5.41) is 8.99. The van der Waals surface area contributed by atoms with Gasteiger partial charge in [-0.25, -0.2) is 4.79 Å². The van der Waals surface area contributed by atoms with Gasteiger partial charge in [-0.3, -0.25) is 4.72 Å². The van der Waals surface area contributed by atoms with Gasteiger partial charge in [0, 0.05) is 13.1 Å². The summed E-state index contributed by atoms with van der Waals surface area (Å²) in [5.74, 6) is -0.546. The number of rotatable bonds is 4. The molecule has 0 aromatic heterocycles. The van der Waals surface area contributed by atoms with E-state index < -0.39 is 16.2 Å². The summed E-state index contributed by atoms with van der Waals surface area (Å²) in [5.41, 5.74) is 1.06. The first kappa shape index (κ1) is 15.8. The fourth-order valence-corrected chi connectivity index (χ4v) is 3.61. The van der Waals surface area contributed by atoms with Crippen LogP contribution >= 0.6 is 0 Å². The second-order valence-electron chi connectivity index (χ2n) is 5.52. The largest absolute Gasteiger partial charge is 0.478 e. The number of nitrogens with one attached hydrogen (secondary N) is 1. The molecule has 0 saturated carbocycles. The first-order valence-corrected chi connectivity index (χ1v) is 8.35. The van der Waals surface area contributed by atoms with Gasteiger partial charge in [-0.05, 0) is 43.4 Å². The lowest BCUT2D eigenvalue weighted by atomic mass is 10.0. The van der Waals surface area contributed by atoms with Crippen molar-refractivity contribution >= 4 is 21.9 Å². The number of benzene rings is 1. The summed E-state index contributed by atoms with van der Waals surface area (Å²) in [4.78, 5) is 11.0. The van der Waals surface area contributed by atoms with Crippen LogP contribution in [0.2, 0.25) is 0 Å². The van der Waals surface area contributed by atoms with Gasteiger partial charge in [0.2, 0.25) is 0 Å². The average molecular weight is 312 g/mol. The van der Waals surface area contributed by atoms with E-state index in [0.29, 0.717) is 30.3 Å². The van der Waals surface area contributed by atoms with Crippen molar-refractivity contribution in [3.05, 3.63) is 29.3 Å². The van der Waals surface area contributed by atoms with E-state index >= 15 is 0 Å². The molecular weight excluding hydrogens is 292 g/mol. The molecule has 1 aliphatic rings. The predicted octanol–water partition coefficient (Wildman–Crippen LogP) is 2.08. The Hall–Kier alpha value is -1.60. The molecule has 1 aliphatic heterocycles. The van der Waals surface area contributed by atoms with E-state index in [1.165, 1.54) is 16.4 Å². The molecule has 0 amide bonds. The van der Waals surface area contributed by atoms with Crippen LogP contribution in [0.1, 0.15) is 35.7 Å². The number of aromatic carboxylic acids is 1. The highest BCUT2D eigenvalue weighted by Gasteiger charge is 2.26. The number of anilines is 1. The zero-order valence-corrected chi connectivity index (χ0v) is 13.0. The molecule has 1 aromatic carbocycles. The minimum atomic E-state index is -3.63. The van der Waals surface area contributed by atoms with Gasteiger partial charge in [0.05, 0.1) is 11.3 Å². The van der Waals surface area contributed by atoms with Gasteiger partial charge in [-0.15, -0.1) is 0 Å². The van der Waals surface area contributed by atoms with E-state index in [2.05, 4.69) is 11.6 Å². The summed E-state index contributed by atoms with van der Waals surface area (Å²) in [6.45, 7) is 4.84. The Morgan fingerprint density at radius 1 is 1.33 bits per heavy atom. The predicted molar refractivity (Wildman–Crippen MR) is 80.7 cm³/mol. The van der Waals surface area contributed by atoms with E-state index in [-0.39, 0.29) is 5.56 Å². The molecular formula is C14H20N2O4S. The highest BCUT2D eigenvalue weighted by Crippen LogP contribution is 2.23. The highest BCUT2D eigenvalue weighted by atomic mass is 32.2. The lowest BCUT2D eigenvalue weighted by molar-refractivity contribution is 0.0697. The topological polar surface area (TPSA) is 86.7 Å². The zero-order chi connectivity index (χ0) is 15.6. The van der Waals surface area contributed by atoms with E-state index in [1.54, 1.807) is 13.0 Å². The van der Waals surface area contributed by atoms with Crippen molar-refractivity contribution in [2.24, 2.45) is 5.92 Å². The molecule has 0 unspecified atom stereocenters. The molecule has 2 N–H and O–H groups in total. The number of piperidine rings is 1. The summed E-state index contributed by atoms with van der Waals surface area (Å²) in [7, 11) is -3.63. The first-order valence-electron chi connectivity index (χ1n) is 6.91. The molecule has 7 heteroatoms. The second kappa shape index (κ2) is 6.03. The average Bonchev–Trinajstić information content (AvgIpc) is 2.41. The van der Waals surface area contributed by atoms with Crippen molar-refractivity contribution in [2.75, 3.05) is 17.8 Å². The van der Waals surface area contributed by atoms with E-state index in [0.717, 1.165) is 12.8 Å². The van der Waals surface area contributed by atoms with Crippen LogP contribution in [0.25, 0.3) is 0 Å². The summed E-state index contributed by atoms with van der Waals surface area (Å²) in [6.07, 6.45) is 1.68. The van der Waals surface area contributed by atoms with Crippen molar-refractivity contribution in [2.45, 2.75) is 26.7 Å². The van der Waals surface area contributed by atoms with Crippen LogP contribution in [0.4, 0.5) is 5.69 Å². The minimum absolute atomic E-state index is 0.0607. The SMILES string of the molecule is Cc1ccc(C(=O)O)cc1NS(=O)(=O)N1CCC(C)CC1. The first-order chi connectivity index (χ1) is 9.79. The quantitative estimate of drug-likeness (QED) is 0.891. The number of hydrogen-bond donors (Lipinski definition) is 2. The highest BCUT2D eigenvalue weighted by molar-refractivity contribution is 7.90. The number of nitrogens with zero attached hydrogens (tertiary/aromatic N) is 1. The fourth-order valence-electron chi connectivity index (χ4n) is 2.29. The standard InChI is InChI=1S/C14H20N2O4S/c1-10-5-7-16(8-6-10)21(19,20)15-13-9-12(14(17)18)4-3-11(13)2/h3-4,9-10,15H,5-8H2,1-2H3,(H,17,18).